The van der Waals surface area contributed by atoms with Crippen molar-refractivity contribution in [2.24, 2.45) is 0 Å². The van der Waals surface area contributed by atoms with E-state index >= 15 is 0 Å². The van der Waals surface area contributed by atoms with E-state index in [1.807, 2.05) is 24.3 Å². The number of carbonyl (C=O) groups is 1. The van der Waals surface area contributed by atoms with Gasteiger partial charge < -0.3 is 9.64 Å². The molecule has 0 aliphatic carbocycles. The van der Waals surface area contributed by atoms with Crippen molar-refractivity contribution < 1.29 is 9.53 Å². The van der Waals surface area contributed by atoms with Gasteiger partial charge in [0, 0.05) is 38.6 Å². The lowest BCUT2D eigenvalue weighted by Crippen LogP contribution is -2.36. The number of nitrogens with zero attached hydrogens (tertiary/aromatic N) is 2. The molecule has 31 heavy (non-hydrogen) atoms. The van der Waals surface area contributed by atoms with Crippen molar-refractivity contribution in [3.63, 3.8) is 0 Å². The fourth-order valence-electron chi connectivity index (χ4n) is 4.45. The summed E-state index contributed by atoms with van der Waals surface area (Å²) in [6.07, 6.45) is 2.36. The van der Waals surface area contributed by atoms with Gasteiger partial charge in [0.25, 0.3) is 0 Å². The highest BCUT2D eigenvalue weighted by Crippen LogP contribution is 2.25. The molecular weight excluding hydrogens is 384 g/mol. The second kappa shape index (κ2) is 9.97. The van der Waals surface area contributed by atoms with Gasteiger partial charge in [0.1, 0.15) is 5.75 Å². The molecular formula is C27H32N2O2. The monoisotopic (exact) mass is 416 g/mol. The van der Waals surface area contributed by atoms with Gasteiger partial charge >= 0.3 is 0 Å². The zero-order chi connectivity index (χ0) is 21.6. The van der Waals surface area contributed by atoms with Gasteiger partial charge in [0.05, 0.1) is 7.11 Å². The summed E-state index contributed by atoms with van der Waals surface area (Å²) in [7, 11) is 1.67. The smallest absolute Gasteiger partial charge is 0.222 e. The Morgan fingerprint density at radius 1 is 0.935 bits per heavy atom. The second-order valence-corrected chi connectivity index (χ2v) is 8.40. The van der Waals surface area contributed by atoms with Gasteiger partial charge in [-0.05, 0) is 59.9 Å². The number of amides is 1. The third kappa shape index (κ3) is 5.26. The van der Waals surface area contributed by atoms with E-state index in [0.717, 1.165) is 44.8 Å². The Kier molecular flexibility index (Phi) is 6.88. The van der Waals surface area contributed by atoms with Crippen molar-refractivity contribution >= 4 is 16.7 Å². The standard InChI is InChI=1S/C27H32N2O2/c1-21(24-12-11-23-6-3-4-7-25(23)20-24)28-16-5-17-29(19-18-28)27(30)15-10-22-8-13-26(31-2)14-9-22/h3-4,6-9,11-14,20-21H,5,10,15-19H2,1-2H3. The van der Waals surface area contributed by atoms with Gasteiger partial charge in [0.15, 0.2) is 0 Å². The van der Waals surface area contributed by atoms with Crippen LogP contribution in [0.5, 0.6) is 5.75 Å². The minimum Gasteiger partial charge on any atom is -0.497 e. The van der Waals surface area contributed by atoms with Crippen LogP contribution in [-0.4, -0.2) is 49.0 Å². The van der Waals surface area contributed by atoms with Gasteiger partial charge in [-0.2, -0.15) is 0 Å². The first-order chi connectivity index (χ1) is 15.1. The van der Waals surface area contributed by atoms with Crippen molar-refractivity contribution in [3.05, 3.63) is 77.9 Å². The number of rotatable bonds is 6. The van der Waals surface area contributed by atoms with E-state index in [0.29, 0.717) is 12.5 Å². The molecule has 4 nitrogen and oxygen atoms in total. The van der Waals surface area contributed by atoms with Gasteiger partial charge in [0.2, 0.25) is 5.91 Å². The molecule has 4 heteroatoms. The highest BCUT2D eigenvalue weighted by Gasteiger charge is 2.22. The molecule has 4 rings (SSSR count). The SMILES string of the molecule is COc1ccc(CCC(=O)N2CCCN(C(C)c3ccc4ccccc4c3)CC2)cc1. The zero-order valence-corrected chi connectivity index (χ0v) is 18.6. The molecule has 3 aromatic rings. The highest BCUT2D eigenvalue weighted by atomic mass is 16.5. The average Bonchev–Trinajstić information content (AvgIpc) is 3.08. The molecule has 3 aromatic carbocycles. The predicted octanol–water partition coefficient (Wildman–Crippen LogP) is 5.08. The third-order valence-electron chi connectivity index (χ3n) is 6.47. The van der Waals surface area contributed by atoms with Crippen molar-refractivity contribution in [2.75, 3.05) is 33.3 Å². The third-order valence-corrected chi connectivity index (χ3v) is 6.47. The Bertz CT molecular complexity index is 1020. The van der Waals surface area contributed by atoms with Crippen LogP contribution in [-0.2, 0) is 11.2 Å². The molecule has 1 saturated heterocycles. The van der Waals surface area contributed by atoms with Crippen LogP contribution in [0.4, 0.5) is 0 Å². The molecule has 1 aliphatic rings. The van der Waals surface area contributed by atoms with Gasteiger partial charge in [-0.15, -0.1) is 0 Å². The average molecular weight is 417 g/mol. The minimum absolute atomic E-state index is 0.260. The van der Waals surface area contributed by atoms with Crippen LogP contribution in [0.3, 0.4) is 0 Å². The topological polar surface area (TPSA) is 32.8 Å². The Labute approximate surface area is 185 Å². The maximum Gasteiger partial charge on any atom is 0.222 e. The summed E-state index contributed by atoms with van der Waals surface area (Å²) in [4.78, 5) is 17.4. The quantitative estimate of drug-likeness (QED) is 0.562. The van der Waals surface area contributed by atoms with E-state index in [2.05, 4.69) is 59.2 Å². The summed E-state index contributed by atoms with van der Waals surface area (Å²) in [5.41, 5.74) is 2.52. The number of aryl methyl sites for hydroxylation is 1. The van der Waals surface area contributed by atoms with E-state index < -0.39 is 0 Å². The summed E-state index contributed by atoms with van der Waals surface area (Å²) >= 11 is 0. The number of hydrogen-bond acceptors (Lipinski definition) is 3. The zero-order valence-electron chi connectivity index (χ0n) is 18.6. The Balaban J connectivity index is 1.32. The van der Waals surface area contributed by atoms with Gasteiger partial charge in [-0.3, -0.25) is 9.69 Å². The molecule has 162 valence electrons. The first kappa shape index (κ1) is 21.4. The molecule has 1 heterocycles. The van der Waals surface area contributed by atoms with Crippen LogP contribution in [0, 0.1) is 0 Å². The van der Waals surface area contributed by atoms with Gasteiger partial charge in [-0.1, -0.05) is 48.5 Å². The van der Waals surface area contributed by atoms with Gasteiger partial charge in [-0.25, -0.2) is 0 Å². The molecule has 1 amide bonds. The van der Waals surface area contributed by atoms with E-state index in [1.165, 1.54) is 21.9 Å². The summed E-state index contributed by atoms with van der Waals surface area (Å²) in [6, 6.07) is 23.6. The largest absolute Gasteiger partial charge is 0.497 e. The number of hydrogen-bond donors (Lipinski definition) is 0. The molecule has 0 saturated carbocycles. The van der Waals surface area contributed by atoms with Crippen molar-refractivity contribution in [1.82, 2.24) is 9.80 Å². The molecule has 1 aliphatic heterocycles. The van der Waals surface area contributed by atoms with Crippen molar-refractivity contribution in [2.45, 2.75) is 32.2 Å². The normalized spacial score (nSPS) is 16.1. The molecule has 0 aromatic heterocycles. The first-order valence-electron chi connectivity index (χ1n) is 11.3. The lowest BCUT2D eigenvalue weighted by atomic mass is 10.0. The van der Waals surface area contributed by atoms with Crippen LogP contribution in [0.2, 0.25) is 0 Å². The molecule has 0 N–H and O–H groups in total. The highest BCUT2D eigenvalue weighted by molar-refractivity contribution is 5.83. The van der Waals surface area contributed by atoms with Crippen LogP contribution in [0.15, 0.2) is 66.7 Å². The summed E-state index contributed by atoms with van der Waals surface area (Å²) in [6.45, 7) is 5.88. The molecule has 0 bridgehead atoms. The predicted molar refractivity (Wildman–Crippen MR) is 126 cm³/mol. The summed E-state index contributed by atoms with van der Waals surface area (Å²) in [5, 5.41) is 2.57. The van der Waals surface area contributed by atoms with Crippen LogP contribution >= 0.6 is 0 Å². The Morgan fingerprint density at radius 3 is 2.48 bits per heavy atom. The fourth-order valence-corrected chi connectivity index (χ4v) is 4.45. The number of ether oxygens (including phenoxy) is 1. The van der Waals surface area contributed by atoms with Crippen LogP contribution in [0.25, 0.3) is 10.8 Å². The lowest BCUT2D eigenvalue weighted by Gasteiger charge is -2.28. The number of methoxy groups -OCH3 is 1. The molecule has 1 atom stereocenters. The Hall–Kier alpha value is -2.85. The van der Waals surface area contributed by atoms with Crippen LogP contribution < -0.4 is 4.74 Å². The lowest BCUT2D eigenvalue weighted by molar-refractivity contribution is -0.131. The molecule has 1 fully saturated rings. The summed E-state index contributed by atoms with van der Waals surface area (Å²) < 4.78 is 5.21. The first-order valence-corrected chi connectivity index (χ1v) is 11.3. The summed E-state index contributed by atoms with van der Waals surface area (Å²) in [5.74, 6) is 1.11. The molecule has 0 spiro atoms. The van der Waals surface area contributed by atoms with Crippen LogP contribution in [0.1, 0.15) is 36.9 Å². The van der Waals surface area contributed by atoms with E-state index in [9.17, 15) is 4.79 Å². The van der Waals surface area contributed by atoms with E-state index in [-0.39, 0.29) is 5.91 Å². The Morgan fingerprint density at radius 2 is 1.71 bits per heavy atom. The number of fused-ring (bicyclic) bond motifs is 1. The molecule has 0 radical (unpaired) electrons. The maximum absolute atomic E-state index is 12.8. The fraction of sp³-hybridized carbons (Fsp3) is 0.370. The van der Waals surface area contributed by atoms with E-state index in [4.69, 9.17) is 4.74 Å². The number of benzene rings is 3. The maximum atomic E-state index is 12.8. The van der Waals surface area contributed by atoms with E-state index in [1.54, 1.807) is 7.11 Å². The van der Waals surface area contributed by atoms with Crippen molar-refractivity contribution in [3.8, 4) is 5.75 Å². The second-order valence-electron chi connectivity index (χ2n) is 8.40. The number of carbonyl (C=O) groups excluding carboxylic acids is 1. The molecule has 1 unspecified atom stereocenters. The van der Waals surface area contributed by atoms with Crippen molar-refractivity contribution in [1.29, 1.82) is 0 Å². The minimum atomic E-state index is 0.260.